The van der Waals surface area contributed by atoms with Crippen LogP contribution in [-0.4, -0.2) is 48.0 Å². The number of hydrogen-bond acceptors (Lipinski definition) is 4. The van der Waals surface area contributed by atoms with Crippen LogP contribution in [0.25, 0.3) is 0 Å². The number of nitrogens with two attached hydrogens (primary N) is 1. The second kappa shape index (κ2) is 5.47. The largest absolute Gasteiger partial charge is 0.398 e. The molecular weight excluding hydrogens is 236 g/mol. The highest BCUT2D eigenvalue weighted by Crippen LogP contribution is 2.24. The first-order chi connectivity index (χ1) is 8.90. The number of nitrogens with zero attached hydrogens (tertiary/aromatic N) is 3. The number of hydrogen-bond donors (Lipinski definition) is 1. The van der Waals surface area contributed by atoms with Gasteiger partial charge in [0.05, 0.1) is 5.69 Å². The van der Waals surface area contributed by atoms with E-state index in [1.165, 1.54) is 0 Å². The van der Waals surface area contributed by atoms with Gasteiger partial charge in [-0.15, -0.1) is 0 Å². The van der Waals surface area contributed by atoms with Crippen LogP contribution in [0.15, 0.2) is 6.20 Å². The molecule has 1 aliphatic rings. The number of nitrogen functional groups attached to an aromatic ring is 1. The number of aryl methyl sites for hydroxylation is 1. The number of aromatic nitrogens is 1. The van der Waals surface area contributed by atoms with E-state index in [-0.39, 0.29) is 0 Å². The molecule has 2 rings (SSSR count). The molecule has 2 unspecified atom stereocenters. The molecule has 1 aromatic rings. The lowest BCUT2D eigenvalue weighted by Gasteiger charge is -2.22. The van der Waals surface area contributed by atoms with Crippen molar-refractivity contribution in [3.05, 3.63) is 23.0 Å². The standard InChI is InChI=1S/C15H26N4/c1-10-6-17-13(12(3)15(10)16)8-19-7-11(2)14(9-19)18(4)5/h6,11,14H,7-9H2,1-5H3,(H2,16,17). The van der Waals surface area contributed by atoms with Gasteiger partial charge in [-0.2, -0.15) is 0 Å². The molecule has 0 aliphatic carbocycles. The van der Waals surface area contributed by atoms with E-state index < -0.39 is 0 Å². The third kappa shape index (κ3) is 2.90. The Kier molecular flexibility index (Phi) is 4.11. The summed E-state index contributed by atoms with van der Waals surface area (Å²) >= 11 is 0. The highest BCUT2D eigenvalue weighted by atomic mass is 15.2. The molecule has 0 radical (unpaired) electrons. The molecule has 4 heteroatoms. The molecule has 2 heterocycles. The second-order valence-electron chi connectivity index (χ2n) is 6.13. The zero-order valence-corrected chi connectivity index (χ0v) is 12.8. The molecule has 0 saturated carbocycles. The van der Waals surface area contributed by atoms with E-state index >= 15 is 0 Å². The molecule has 2 N–H and O–H groups in total. The molecule has 19 heavy (non-hydrogen) atoms. The van der Waals surface area contributed by atoms with Crippen molar-refractivity contribution >= 4 is 5.69 Å². The Morgan fingerprint density at radius 2 is 2.05 bits per heavy atom. The van der Waals surface area contributed by atoms with Gasteiger partial charge < -0.3 is 10.6 Å². The molecule has 4 nitrogen and oxygen atoms in total. The lowest BCUT2D eigenvalue weighted by molar-refractivity contribution is 0.249. The number of pyridine rings is 1. The molecule has 0 spiro atoms. The van der Waals surface area contributed by atoms with Crippen LogP contribution in [-0.2, 0) is 6.54 Å². The van der Waals surface area contributed by atoms with Crippen molar-refractivity contribution in [3.8, 4) is 0 Å². The van der Waals surface area contributed by atoms with Gasteiger partial charge in [0.2, 0.25) is 0 Å². The Bertz CT molecular complexity index is 456. The molecule has 2 atom stereocenters. The fourth-order valence-electron chi connectivity index (χ4n) is 3.01. The van der Waals surface area contributed by atoms with E-state index in [9.17, 15) is 0 Å². The smallest absolute Gasteiger partial charge is 0.0593 e. The summed E-state index contributed by atoms with van der Waals surface area (Å²) in [5, 5.41) is 0. The third-order valence-electron chi connectivity index (χ3n) is 4.36. The number of anilines is 1. The monoisotopic (exact) mass is 262 g/mol. The van der Waals surface area contributed by atoms with Crippen LogP contribution < -0.4 is 5.73 Å². The molecule has 1 aliphatic heterocycles. The highest BCUT2D eigenvalue weighted by Gasteiger charge is 2.31. The number of rotatable bonds is 3. The first-order valence-electron chi connectivity index (χ1n) is 6.99. The van der Waals surface area contributed by atoms with Gasteiger partial charge in [0.15, 0.2) is 0 Å². The fraction of sp³-hybridized carbons (Fsp3) is 0.667. The minimum Gasteiger partial charge on any atom is -0.398 e. The second-order valence-corrected chi connectivity index (χ2v) is 6.13. The summed E-state index contributed by atoms with van der Waals surface area (Å²) in [6, 6.07) is 0.642. The molecule has 1 fully saturated rings. The summed E-state index contributed by atoms with van der Waals surface area (Å²) in [6.07, 6.45) is 1.89. The Morgan fingerprint density at radius 3 is 2.63 bits per heavy atom. The topological polar surface area (TPSA) is 45.4 Å². The molecule has 106 valence electrons. The van der Waals surface area contributed by atoms with Gasteiger partial charge in [-0.25, -0.2) is 0 Å². The van der Waals surface area contributed by atoms with Gasteiger partial charge in [-0.1, -0.05) is 6.92 Å². The number of likely N-dealkylation sites (N-methyl/N-ethyl adjacent to an activating group) is 1. The predicted octanol–water partition coefficient (Wildman–Crippen LogP) is 1.66. The van der Waals surface area contributed by atoms with E-state index in [1.54, 1.807) is 0 Å². The zero-order valence-electron chi connectivity index (χ0n) is 12.8. The van der Waals surface area contributed by atoms with Crippen molar-refractivity contribution in [2.24, 2.45) is 5.92 Å². The van der Waals surface area contributed by atoms with Crippen LogP contribution in [0.4, 0.5) is 5.69 Å². The van der Waals surface area contributed by atoms with Crippen molar-refractivity contribution in [1.29, 1.82) is 0 Å². The van der Waals surface area contributed by atoms with E-state index in [1.807, 2.05) is 13.1 Å². The maximum Gasteiger partial charge on any atom is 0.0593 e. The molecule has 0 amide bonds. The minimum absolute atomic E-state index is 0.642. The van der Waals surface area contributed by atoms with Crippen LogP contribution in [0.1, 0.15) is 23.7 Å². The summed E-state index contributed by atoms with van der Waals surface area (Å²) in [4.78, 5) is 9.38. The minimum atomic E-state index is 0.642. The van der Waals surface area contributed by atoms with Crippen molar-refractivity contribution in [3.63, 3.8) is 0 Å². The van der Waals surface area contributed by atoms with Gasteiger partial charge >= 0.3 is 0 Å². The highest BCUT2D eigenvalue weighted by molar-refractivity contribution is 5.53. The van der Waals surface area contributed by atoms with E-state index in [2.05, 4.69) is 42.7 Å². The van der Waals surface area contributed by atoms with Gasteiger partial charge in [-0.3, -0.25) is 9.88 Å². The van der Waals surface area contributed by atoms with Gasteiger partial charge in [-0.05, 0) is 45.0 Å². The summed E-state index contributed by atoms with van der Waals surface area (Å²) in [5.41, 5.74) is 10.3. The quantitative estimate of drug-likeness (QED) is 0.900. The summed E-state index contributed by atoms with van der Waals surface area (Å²) in [5.74, 6) is 0.707. The van der Waals surface area contributed by atoms with Crippen LogP contribution >= 0.6 is 0 Å². The Labute approximate surface area is 116 Å². The van der Waals surface area contributed by atoms with Crippen molar-refractivity contribution in [2.45, 2.75) is 33.4 Å². The van der Waals surface area contributed by atoms with Crippen LogP contribution in [0, 0.1) is 19.8 Å². The SMILES string of the molecule is Cc1cnc(CN2CC(C)C(N(C)C)C2)c(C)c1N. The zero-order chi connectivity index (χ0) is 14.2. The molecule has 0 bridgehead atoms. The average molecular weight is 262 g/mol. The third-order valence-corrected chi connectivity index (χ3v) is 4.36. The molecule has 0 aromatic carbocycles. The van der Waals surface area contributed by atoms with Gasteiger partial charge in [0, 0.05) is 37.6 Å². The lowest BCUT2D eigenvalue weighted by atomic mass is 10.1. The summed E-state index contributed by atoms with van der Waals surface area (Å²) in [7, 11) is 4.33. The lowest BCUT2D eigenvalue weighted by Crippen LogP contribution is -2.34. The fourth-order valence-corrected chi connectivity index (χ4v) is 3.01. The molecule has 1 aromatic heterocycles. The molecular formula is C15H26N4. The molecule has 1 saturated heterocycles. The van der Waals surface area contributed by atoms with Gasteiger partial charge in [0.1, 0.15) is 0 Å². The van der Waals surface area contributed by atoms with Crippen LogP contribution in [0.5, 0.6) is 0 Å². The Balaban J connectivity index is 2.09. The van der Waals surface area contributed by atoms with Gasteiger partial charge in [0.25, 0.3) is 0 Å². The van der Waals surface area contributed by atoms with E-state index in [0.717, 1.165) is 42.1 Å². The number of likely N-dealkylation sites (tertiary alicyclic amines) is 1. The van der Waals surface area contributed by atoms with E-state index in [0.29, 0.717) is 12.0 Å². The summed E-state index contributed by atoms with van der Waals surface area (Å²) in [6.45, 7) is 9.58. The van der Waals surface area contributed by atoms with Crippen molar-refractivity contribution in [1.82, 2.24) is 14.8 Å². The van der Waals surface area contributed by atoms with Crippen LogP contribution in [0.3, 0.4) is 0 Å². The Morgan fingerprint density at radius 1 is 1.37 bits per heavy atom. The maximum absolute atomic E-state index is 6.09. The Hall–Kier alpha value is -1.13. The van der Waals surface area contributed by atoms with Crippen molar-refractivity contribution < 1.29 is 0 Å². The summed E-state index contributed by atoms with van der Waals surface area (Å²) < 4.78 is 0. The van der Waals surface area contributed by atoms with E-state index in [4.69, 9.17) is 5.73 Å². The predicted molar refractivity (Wildman–Crippen MR) is 80.0 cm³/mol. The normalized spacial score (nSPS) is 24.3. The maximum atomic E-state index is 6.09. The van der Waals surface area contributed by atoms with Crippen molar-refractivity contribution in [2.75, 3.05) is 32.9 Å². The first-order valence-corrected chi connectivity index (χ1v) is 6.99. The average Bonchev–Trinajstić information content (AvgIpc) is 2.71. The van der Waals surface area contributed by atoms with Crippen LogP contribution in [0.2, 0.25) is 0 Å². The first kappa shape index (κ1) is 14.3.